The Morgan fingerprint density at radius 2 is 2.07 bits per heavy atom. The van der Waals surface area contributed by atoms with Gasteiger partial charge >= 0.3 is 12.1 Å². The summed E-state index contributed by atoms with van der Waals surface area (Å²) in [7, 11) is 3.27. The van der Waals surface area contributed by atoms with Gasteiger partial charge in [0.25, 0.3) is 0 Å². The molecule has 0 aliphatic carbocycles. The fourth-order valence-electron chi connectivity index (χ4n) is 2.21. The number of allylic oxidation sites excluding steroid dienone is 3. The molecule has 1 aromatic carbocycles. The minimum absolute atomic E-state index is 0.170. The normalized spacial score (nSPS) is 11.0. The van der Waals surface area contributed by atoms with E-state index in [4.69, 9.17) is 10.5 Å². The monoisotopic (exact) mass is 371 g/mol. The molecule has 2 N–H and O–H groups in total. The highest BCUT2D eigenvalue weighted by Gasteiger charge is 2.14. The summed E-state index contributed by atoms with van der Waals surface area (Å²) in [5, 5.41) is 0. The fourth-order valence-corrected chi connectivity index (χ4v) is 2.21. The van der Waals surface area contributed by atoms with Crippen LogP contribution in [-0.4, -0.2) is 35.3 Å². The smallest absolute Gasteiger partial charge is 0.404 e. The van der Waals surface area contributed by atoms with Crippen LogP contribution in [0.3, 0.4) is 0 Å². The van der Waals surface area contributed by atoms with Gasteiger partial charge in [-0.3, -0.25) is 0 Å². The Labute approximate surface area is 158 Å². The Bertz CT molecular complexity index is 879. The summed E-state index contributed by atoms with van der Waals surface area (Å²) in [4.78, 5) is 26.1. The van der Waals surface area contributed by atoms with Crippen molar-refractivity contribution < 1.29 is 19.1 Å². The van der Waals surface area contributed by atoms with E-state index >= 15 is 0 Å². The molecule has 0 bridgehead atoms. The second-order valence-corrected chi connectivity index (χ2v) is 5.46. The van der Waals surface area contributed by atoms with Gasteiger partial charge in [0.05, 0.1) is 23.7 Å². The number of aryl methyl sites for hydroxylation is 2. The number of ether oxygens (including phenoxy) is 2. The van der Waals surface area contributed by atoms with Crippen LogP contribution in [0.15, 0.2) is 54.7 Å². The highest BCUT2D eigenvalue weighted by atomic mass is 16.5. The number of hydrogen-bond donors (Lipinski definition) is 1. The standard InChI is InChI=1S/C11H12N2O2.C9H13NO2/c1-7-12-9-6-4-5-8(11(14)15-3)10(9)13(7)2;1-3-5-6-8(4-2)7-12-9(10)11/h4-6H,1-3H3;3-6H,2,7H2,1H3,(H2,10,11)/b;5-3-,8-6+. The quantitative estimate of drug-likeness (QED) is 0.641. The van der Waals surface area contributed by atoms with Crippen LogP contribution < -0.4 is 5.73 Å². The Hall–Kier alpha value is -3.35. The molecule has 0 aliphatic heterocycles. The first-order valence-corrected chi connectivity index (χ1v) is 8.22. The number of aromatic nitrogens is 2. The van der Waals surface area contributed by atoms with Gasteiger partial charge in [0.15, 0.2) is 0 Å². The zero-order valence-electron chi connectivity index (χ0n) is 16.1. The van der Waals surface area contributed by atoms with Crippen LogP contribution in [0.2, 0.25) is 0 Å². The summed E-state index contributed by atoms with van der Waals surface area (Å²) in [6.45, 7) is 7.53. The number of imidazole rings is 1. The summed E-state index contributed by atoms with van der Waals surface area (Å²) in [5.74, 6) is 0.546. The van der Waals surface area contributed by atoms with Crippen LogP contribution in [0.25, 0.3) is 11.0 Å². The zero-order valence-corrected chi connectivity index (χ0v) is 16.1. The molecular weight excluding hydrogens is 346 g/mol. The molecule has 0 aliphatic rings. The molecule has 0 radical (unpaired) electrons. The van der Waals surface area contributed by atoms with Gasteiger partial charge in [-0.2, -0.15) is 0 Å². The molecule has 1 amide bonds. The molecule has 1 aromatic heterocycles. The number of fused-ring (bicyclic) bond motifs is 1. The molecule has 2 aromatic rings. The van der Waals surface area contributed by atoms with Gasteiger partial charge in [0.1, 0.15) is 12.4 Å². The zero-order chi connectivity index (χ0) is 20.4. The van der Waals surface area contributed by atoms with Crippen molar-refractivity contribution in [3.63, 3.8) is 0 Å². The second kappa shape index (κ2) is 10.6. The number of nitrogens with zero attached hydrogens (tertiary/aromatic N) is 2. The lowest BCUT2D eigenvalue weighted by Gasteiger charge is -2.03. The predicted octanol–water partition coefficient (Wildman–Crippen LogP) is 3.44. The van der Waals surface area contributed by atoms with E-state index in [1.807, 2.05) is 43.7 Å². The highest BCUT2D eigenvalue weighted by molar-refractivity contribution is 6.02. The number of methoxy groups -OCH3 is 1. The second-order valence-electron chi connectivity index (χ2n) is 5.46. The van der Waals surface area contributed by atoms with Crippen LogP contribution >= 0.6 is 0 Å². The van der Waals surface area contributed by atoms with Crippen molar-refractivity contribution in [1.29, 1.82) is 0 Å². The van der Waals surface area contributed by atoms with Gasteiger partial charge in [-0.25, -0.2) is 14.6 Å². The Morgan fingerprint density at radius 3 is 2.63 bits per heavy atom. The van der Waals surface area contributed by atoms with E-state index in [0.29, 0.717) is 5.56 Å². The molecule has 27 heavy (non-hydrogen) atoms. The summed E-state index contributed by atoms with van der Waals surface area (Å²) < 4.78 is 11.2. The van der Waals surface area contributed by atoms with E-state index in [2.05, 4.69) is 16.3 Å². The lowest BCUT2D eigenvalue weighted by Crippen LogP contribution is -2.14. The molecule has 0 fully saturated rings. The maximum Gasteiger partial charge on any atom is 0.404 e. The van der Waals surface area contributed by atoms with Crippen LogP contribution in [0.4, 0.5) is 4.79 Å². The van der Waals surface area contributed by atoms with Crippen molar-refractivity contribution in [2.24, 2.45) is 12.8 Å². The molecule has 144 valence electrons. The van der Waals surface area contributed by atoms with Crippen molar-refractivity contribution in [2.75, 3.05) is 13.7 Å². The van der Waals surface area contributed by atoms with Gasteiger partial charge in [0, 0.05) is 7.05 Å². The lowest BCUT2D eigenvalue weighted by molar-refractivity contribution is 0.0602. The van der Waals surface area contributed by atoms with Gasteiger partial charge < -0.3 is 19.8 Å². The number of hydrogen-bond acceptors (Lipinski definition) is 5. The van der Waals surface area contributed by atoms with Crippen molar-refractivity contribution in [1.82, 2.24) is 9.55 Å². The summed E-state index contributed by atoms with van der Waals surface area (Å²) in [6, 6.07) is 5.44. The highest BCUT2D eigenvalue weighted by Crippen LogP contribution is 2.19. The molecule has 7 heteroatoms. The predicted molar refractivity (Wildman–Crippen MR) is 105 cm³/mol. The molecule has 2 rings (SSSR count). The molecule has 0 spiro atoms. The van der Waals surface area contributed by atoms with Gasteiger partial charge in [-0.15, -0.1) is 0 Å². The number of esters is 1. The van der Waals surface area contributed by atoms with Crippen molar-refractivity contribution >= 4 is 23.1 Å². The Balaban J connectivity index is 0.000000279. The first-order valence-electron chi connectivity index (χ1n) is 8.22. The molecule has 0 unspecified atom stereocenters. The molecule has 1 heterocycles. The number of primary amides is 1. The number of amides is 1. The number of para-hydroxylation sites is 1. The maximum atomic E-state index is 11.5. The van der Waals surface area contributed by atoms with Gasteiger partial charge in [-0.05, 0) is 31.6 Å². The van der Waals surface area contributed by atoms with E-state index in [0.717, 1.165) is 22.4 Å². The number of carbonyl (C=O) groups is 2. The van der Waals surface area contributed by atoms with E-state index in [1.54, 1.807) is 24.3 Å². The minimum atomic E-state index is -0.775. The maximum absolute atomic E-state index is 11.5. The molecule has 0 saturated carbocycles. The van der Waals surface area contributed by atoms with Crippen molar-refractivity contribution in [3.05, 3.63) is 66.0 Å². The SMILES string of the molecule is C=C/C(=C\C=C/C)COC(N)=O.COC(=O)c1cccc2nc(C)n(C)c12. The fraction of sp³-hybridized carbons (Fsp3) is 0.250. The van der Waals surface area contributed by atoms with Crippen LogP contribution in [0.5, 0.6) is 0 Å². The van der Waals surface area contributed by atoms with Crippen LogP contribution in [0, 0.1) is 6.92 Å². The number of rotatable bonds is 5. The van der Waals surface area contributed by atoms with E-state index in [1.165, 1.54) is 7.11 Å². The first kappa shape index (κ1) is 21.7. The topological polar surface area (TPSA) is 96.4 Å². The average molecular weight is 371 g/mol. The average Bonchev–Trinajstić information content (AvgIpc) is 2.95. The van der Waals surface area contributed by atoms with Crippen LogP contribution in [0.1, 0.15) is 23.1 Å². The number of nitrogens with two attached hydrogens (primary N) is 1. The van der Waals surface area contributed by atoms with E-state index in [9.17, 15) is 9.59 Å². The number of carbonyl (C=O) groups excluding carboxylic acids is 2. The largest absolute Gasteiger partial charge is 0.465 e. The molecule has 0 saturated heterocycles. The Morgan fingerprint density at radius 1 is 1.37 bits per heavy atom. The lowest BCUT2D eigenvalue weighted by atomic mass is 10.2. The van der Waals surface area contributed by atoms with Crippen molar-refractivity contribution in [2.45, 2.75) is 13.8 Å². The minimum Gasteiger partial charge on any atom is -0.465 e. The van der Waals surface area contributed by atoms with Gasteiger partial charge in [-0.1, -0.05) is 36.9 Å². The summed E-state index contributed by atoms with van der Waals surface area (Å²) in [6.07, 6.45) is 6.34. The molecule has 0 atom stereocenters. The third-order valence-corrected chi connectivity index (χ3v) is 3.67. The Kier molecular flexibility index (Phi) is 8.51. The van der Waals surface area contributed by atoms with E-state index < -0.39 is 6.09 Å². The third kappa shape index (κ3) is 6.14. The summed E-state index contributed by atoms with van der Waals surface area (Å²) >= 11 is 0. The first-order chi connectivity index (χ1) is 12.8. The van der Waals surface area contributed by atoms with Gasteiger partial charge in [0.2, 0.25) is 0 Å². The van der Waals surface area contributed by atoms with Crippen molar-refractivity contribution in [3.8, 4) is 0 Å². The van der Waals surface area contributed by atoms with E-state index in [-0.39, 0.29) is 12.6 Å². The number of benzene rings is 1. The molecule has 7 nitrogen and oxygen atoms in total. The summed E-state index contributed by atoms with van der Waals surface area (Å²) in [5.41, 5.74) is 7.79. The third-order valence-electron chi connectivity index (χ3n) is 3.67. The van der Waals surface area contributed by atoms with Crippen LogP contribution in [-0.2, 0) is 16.5 Å². The molecular formula is C20H25N3O4.